The molecule has 0 saturated heterocycles. The number of esters is 3. The molecule has 6 N–H and O–H groups in total. The molecule has 4 aromatic heterocycles. The quantitative estimate of drug-likeness (QED) is 0.0390. The number of carbonyl (C=O) groups is 8. The Labute approximate surface area is 505 Å². The number of rotatable bonds is 14. The summed E-state index contributed by atoms with van der Waals surface area (Å²) < 4.78 is 71.9. The summed E-state index contributed by atoms with van der Waals surface area (Å²) in [6.07, 6.45) is 2.34. The first-order valence-electron chi connectivity index (χ1n) is 27.9. The molecule has 0 fully saturated rings. The first-order valence-corrected chi connectivity index (χ1v) is 27.9. The molecule has 22 nitrogen and oxygen atoms in total. The molecule has 2 aliphatic carbocycles. The summed E-state index contributed by atoms with van der Waals surface area (Å²) in [5, 5.41) is 19.3. The van der Waals surface area contributed by atoms with E-state index in [9.17, 15) is 55.9 Å². The Morgan fingerprint density at radius 2 is 0.933 bits per heavy atom. The van der Waals surface area contributed by atoms with Crippen LogP contribution in [0.2, 0.25) is 0 Å². The summed E-state index contributed by atoms with van der Waals surface area (Å²) in [5.74, 6) is -9.22. The van der Waals surface area contributed by atoms with Crippen molar-refractivity contribution in [1.82, 2.24) is 50.5 Å². The molecule has 10 rings (SSSR count). The maximum Gasteiger partial charge on any atom is 0.358 e. The van der Waals surface area contributed by atoms with E-state index in [1.54, 1.807) is 65.8 Å². The zero-order valence-electron chi connectivity index (χ0n) is 49.7. The number of fused-ring (bicyclic) bond motifs is 4. The number of aromatic nitrogens is 6. The molecule has 462 valence electrons. The van der Waals surface area contributed by atoms with Gasteiger partial charge in [-0.3, -0.25) is 24.0 Å². The third-order valence-electron chi connectivity index (χ3n) is 14.5. The van der Waals surface area contributed by atoms with Crippen molar-refractivity contribution in [1.29, 1.82) is 0 Å². The fraction of sp³-hybridized carbons (Fsp3) is 0.302. The van der Waals surface area contributed by atoms with Crippen molar-refractivity contribution in [3.63, 3.8) is 0 Å². The van der Waals surface area contributed by atoms with Crippen molar-refractivity contribution in [2.45, 2.75) is 117 Å². The Hall–Kier alpha value is -10.4. The van der Waals surface area contributed by atoms with Crippen molar-refractivity contribution in [3.8, 4) is 0 Å². The van der Waals surface area contributed by atoms with E-state index in [4.69, 9.17) is 19.9 Å². The van der Waals surface area contributed by atoms with E-state index < -0.39 is 94.0 Å². The number of carbonyl (C=O) groups excluding carboxylic acids is 8. The molecule has 0 spiro atoms. The van der Waals surface area contributed by atoms with Crippen LogP contribution in [0, 0.1) is 37.1 Å². The summed E-state index contributed by atoms with van der Waals surface area (Å²) in [7, 11) is 1.18. The Morgan fingerprint density at radius 3 is 1.31 bits per heavy atom. The van der Waals surface area contributed by atoms with Crippen molar-refractivity contribution in [2.24, 2.45) is 5.73 Å². The monoisotopic (exact) mass is 1220 g/mol. The van der Waals surface area contributed by atoms with E-state index in [1.807, 2.05) is 13.8 Å². The number of amides is 5. The van der Waals surface area contributed by atoms with Crippen molar-refractivity contribution in [3.05, 3.63) is 198 Å². The number of nitrogens with zero attached hydrogens (tertiary/aromatic N) is 6. The normalized spacial score (nSPS) is 14.2. The number of hydrogen-bond donors (Lipinski definition) is 5. The van der Waals surface area contributed by atoms with Crippen LogP contribution >= 0.6 is 0 Å². The summed E-state index contributed by atoms with van der Waals surface area (Å²) in [5.41, 5.74) is 9.99. The minimum Gasteiger partial charge on any atom is -0.464 e. The lowest BCUT2D eigenvalue weighted by atomic mass is 9.97. The second-order valence-corrected chi connectivity index (χ2v) is 23.1. The molecule has 0 saturated carbocycles. The van der Waals surface area contributed by atoms with Crippen molar-refractivity contribution in [2.75, 3.05) is 7.11 Å². The number of halogens is 4. The van der Waals surface area contributed by atoms with Gasteiger partial charge in [0, 0.05) is 37.4 Å². The van der Waals surface area contributed by atoms with Gasteiger partial charge in [0.1, 0.15) is 34.0 Å². The van der Waals surface area contributed by atoms with E-state index in [0.717, 1.165) is 66.7 Å². The summed E-state index contributed by atoms with van der Waals surface area (Å²) in [6, 6.07) is 17.5. The number of nitrogens with one attached hydrogen (secondary N) is 4. The lowest BCUT2D eigenvalue weighted by Gasteiger charge is -2.21. The van der Waals surface area contributed by atoms with Gasteiger partial charge in [-0.2, -0.15) is 10.2 Å². The molecule has 5 amide bonds. The van der Waals surface area contributed by atoms with Gasteiger partial charge < -0.3 is 41.2 Å². The van der Waals surface area contributed by atoms with Gasteiger partial charge in [-0.25, -0.2) is 50.9 Å². The Bertz CT molecular complexity index is 4240. The molecule has 8 aromatic rings. The molecule has 26 heteroatoms. The maximum absolute atomic E-state index is 13.7. The number of methoxy groups -OCH3 is 1. The maximum atomic E-state index is 13.7. The van der Waals surface area contributed by atoms with Crippen molar-refractivity contribution >= 4 is 58.7 Å². The van der Waals surface area contributed by atoms with E-state index >= 15 is 0 Å². The molecule has 4 aromatic carbocycles. The summed E-state index contributed by atoms with van der Waals surface area (Å²) in [6.45, 7) is 14.2. The molecule has 0 aliphatic heterocycles. The fourth-order valence-corrected chi connectivity index (χ4v) is 10.3. The SMILES string of the molecule is COC(=O)c1cc2nc(C(=O)NCc3ccc(F)c(F)c3)cc(C(=O)N[C@H]3CCc4c3ccc(C(=O)OC(C)(C)C)c4C)n2n1.Cc1c(C(=O)OC(C)(C)C)ccc2c1CC[C@@H]2NC(=O)c1cc(C(=O)NCc2ccc(F)c(F)c2)nc2cc(C(N)=O)nn12. The molecule has 2 aliphatic rings. The average molecular weight is 1220 g/mol. The minimum atomic E-state index is -1.06. The largest absolute Gasteiger partial charge is 0.464 e. The average Bonchev–Trinajstić information content (AvgIpc) is 1.78. The predicted molar refractivity (Wildman–Crippen MR) is 311 cm³/mol. The van der Waals surface area contributed by atoms with Gasteiger partial charge in [-0.1, -0.05) is 24.3 Å². The van der Waals surface area contributed by atoms with Crippen molar-refractivity contribution < 1.29 is 70.1 Å². The van der Waals surface area contributed by atoms with Crippen LogP contribution in [0.4, 0.5) is 17.6 Å². The Morgan fingerprint density at radius 1 is 0.528 bits per heavy atom. The van der Waals surface area contributed by atoms with Crippen LogP contribution in [0.5, 0.6) is 0 Å². The second kappa shape index (κ2) is 25.1. The van der Waals surface area contributed by atoms with Gasteiger partial charge in [0.25, 0.3) is 29.5 Å². The van der Waals surface area contributed by atoms with Crippen LogP contribution in [-0.2, 0) is 40.1 Å². The highest BCUT2D eigenvalue weighted by Crippen LogP contribution is 2.37. The molecule has 2 atom stereocenters. The Kier molecular flexibility index (Phi) is 17.8. The van der Waals surface area contributed by atoms with Crippen LogP contribution in [0.15, 0.2) is 84.9 Å². The van der Waals surface area contributed by atoms with Gasteiger partial charge >= 0.3 is 17.9 Å². The van der Waals surface area contributed by atoms with Gasteiger partial charge in [-0.05, 0) is 162 Å². The Balaban J connectivity index is 0.000000211. The van der Waals surface area contributed by atoms with Crippen LogP contribution < -0.4 is 27.0 Å². The summed E-state index contributed by atoms with van der Waals surface area (Å²) in [4.78, 5) is 111. The summed E-state index contributed by atoms with van der Waals surface area (Å²) >= 11 is 0. The molecule has 89 heavy (non-hydrogen) atoms. The molecule has 0 bridgehead atoms. The van der Waals surface area contributed by atoms with E-state index in [0.29, 0.717) is 47.9 Å². The van der Waals surface area contributed by atoms with Gasteiger partial charge in [0.2, 0.25) is 0 Å². The van der Waals surface area contributed by atoms with Crippen LogP contribution in [0.1, 0.15) is 195 Å². The zero-order chi connectivity index (χ0) is 64.6. The molecule has 0 unspecified atom stereocenters. The molecule has 0 radical (unpaired) electrons. The standard InChI is InChI=1S/C32H31F2N5O6.C31H30F2N6O5/c1-16-18-9-11-23(20(18)8-7-19(16)30(42)45-32(2,3)4)37-29(41)26-13-24(36-27-14-25(31(43)44-5)38-39(26)27)28(40)35-15-17-6-10-21(33)22(34)12-17;1-15-17-8-10-22(19(17)7-6-18(15)30(43)44-31(2,3)4)37-29(42)25-12-24(36-26-13-23(27(34)40)38-39(25)26)28(41)35-14-16-5-9-20(32)21(33)11-16/h6-8,10,12-14,23H,9,11,15H2,1-5H3,(H,35,40)(H,37,41);5-7,9,11-13,22H,8,10,14H2,1-4H3,(H2,34,40)(H,35,41)(H,37,42)/t23-;22-/m00/s1. The lowest BCUT2D eigenvalue weighted by Crippen LogP contribution is -2.31. The predicted octanol–water partition coefficient (Wildman–Crippen LogP) is 8.12. The minimum absolute atomic E-state index is 0.0223. The van der Waals surface area contributed by atoms with Crippen LogP contribution in [0.3, 0.4) is 0 Å². The van der Waals surface area contributed by atoms with Gasteiger partial charge in [0.05, 0.1) is 30.3 Å². The number of nitrogens with two attached hydrogens (primary N) is 1. The number of hydrogen-bond acceptors (Lipinski definition) is 15. The highest BCUT2D eigenvalue weighted by atomic mass is 19.2. The first-order chi connectivity index (χ1) is 42.0. The van der Waals surface area contributed by atoms with Gasteiger partial charge in [-0.15, -0.1) is 0 Å². The molecular weight excluding hydrogens is 1160 g/mol. The third kappa shape index (κ3) is 14.1. The van der Waals surface area contributed by atoms with E-state index in [-0.39, 0.29) is 58.5 Å². The van der Waals surface area contributed by atoms with E-state index in [1.165, 1.54) is 43.5 Å². The molecular formula is C63H61F4N11O11. The molecule has 4 heterocycles. The highest BCUT2D eigenvalue weighted by molar-refractivity contribution is 6.01. The van der Waals surface area contributed by atoms with Crippen LogP contribution in [0.25, 0.3) is 11.3 Å². The van der Waals surface area contributed by atoms with Gasteiger partial charge in [0.15, 0.2) is 46.0 Å². The second-order valence-electron chi connectivity index (χ2n) is 23.1. The lowest BCUT2D eigenvalue weighted by molar-refractivity contribution is 0.00559. The number of benzene rings is 4. The number of ether oxygens (including phenoxy) is 3. The zero-order valence-corrected chi connectivity index (χ0v) is 49.7. The van der Waals surface area contributed by atoms with Crippen LogP contribution in [-0.4, -0.2) is 95.0 Å². The highest BCUT2D eigenvalue weighted by Gasteiger charge is 2.33. The topological polar surface area (TPSA) is 299 Å². The first kappa shape index (κ1) is 63.1. The third-order valence-corrected chi connectivity index (χ3v) is 14.5. The van der Waals surface area contributed by atoms with E-state index in [2.05, 4.69) is 41.4 Å². The number of primary amides is 1. The smallest absolute Gasteiger partial charge is 0.358 e. The fourth-order valence-electron chi connectivity index (χ4n) is 10.3.